The summed E-state index contributed by atoms with van der Waals surface area (Å²) < 4.78 is 0. The zero-order valence-corrected chi connectivity index (χ0v) is 9.95. The Morgan fingerprint density at radius 2 is 1.88 bits per heavy atom. The standard InChI is InChI=1S/C15H20O/c1-12(10-11-16)13-6-8-15(9-7-13)14-4-2-3-5-14/h6-10,14,16H,2-5,11H2,1H3/b12-10+. The van der Waals surface area contributed by atoms with Gasteiger partial charge in [-0.3, -0.25) is 0 Å². The van der Waals surface area contributed by atoms with Crippen molar-refractivity contribution in [1.82, 2.24) is 0 Å². The average Bonchev–Trinajstić information content (AvgIpc) is 2.83. The zero-order chi connectivity index (χ0) is 11.4. The summed E-state index contributed by atoms with van der Waals surface area (Å²) in [6, 6.07) is 8.85. The number of allylic oxidation sites excluding steroid dienone is 1. The van der Waals surface area contributed by atoms with Gasteiger partial charge in [0.1, 0.15) is 0 Å². The van der Waals surface area contributed by atoms with Crippen LogP contribution in [-0.4, -0.2) is 11.7 Å². The minimum atomic E-state index is 0.121. The molecule has 0 amide bonds. The van der Waals surface area contributed by atoms with Crippen LogP contribution in [0.4, 0.5) is 0 Å². The highest BCUT2D eigenvalue weighted by molar-refractivity contribution is 5.63. The molecule has 1 N–H and O–H groups in total. The lowest BCUT2D eigenvalue weighted by molar-refractivity contribution is 0.343. The number of hydrogen-bond donors (Lipinski definition) is 1. The summed E-state index contributed by atoms with van der Waals surface area (Å²) >= 11 is 0. The van der Waals surface area contributed by atoms with Gasteiger partial charge in [-0.15, -0.1) is 0 Å². The molecule has 0 saturated heterocycles. The van der Waals surface area contributed by atoms with Crippen molar-refractivity contribution in [2.75, 3.05) is 6.61 Å². The molecule has 0 spiro atoms. The van der Waals surface area contributed by atoms with E-state index in [0.717, 1.165) is 11.5 Å². The van der Waals surface area contributed by atoms with Crippen molar-refractivity contribution >= 4 is 5.57 Å². The summed E-state index contributed by atoms with van der Waals surface area (Å²) in [5.74, 6) is 0.788. The maximum Gasteiger partial charge on any atom is 0.0618 e. The largest absolute Gasteiger partial charge is 0.392 e. The van der Waals surface area contributed by atoms with E-state index in [9.17, 15) is 0 Å². The maximum absolute atomic E-state index is 8.85. The van der Waals surface area contributed by atoms with Crippen LogP contribution >= 0.6 is 0 Å². The van der Waals surface area contributed by atoms with Crippen LogP contribution in [0.3, 0.4) is 0 Å². The van der Waals surface area contributed by atoms with Gasteiger partial charge in [-0.2, -0.15) is 0 Å². The van der Waals surface area contributed by atoms with Crippen LogP contribution in [0.15, 0.2) is 30.3 Å². The number of rotatable bonds is 3. The van der Waals surface area contributed by atoms with Gasteiger partial charge in [-0.05, 0) is 42.4 Å². The molecular weight excluding hydrogens is 196 g/mol. The first-order chi connectivity index (χ1) is 7.81. The van der Waals surface area contributed by atoms with Gasteiger partial charge in [-0.25, -0.2) is 0 Å². The van der Waals surface area contributed by atoms with E-state index in [1.807, 2.05) is 13.0 Å². The molecule has 1 nitrogen and oxygen atoms in total. The molecule has 1 heteroatoms. The SMILES string of the molecule is C/C(=C\CO)c1ccc(C2CCCC2)cc1. The molecule has 1 aliphatic carbocycles. The molecule has 1 aromatic carbocycles. The first-order valence-corrected chi connectivity index (χ1v) is 6.19. The fraction of sp³-hybridized carbons (Fsp3) is 0.467. The first-order valence-electron chi connectivity index (χ1n) is 6.19. The second kappa shape index (κ2) is 5.31. The fourth-order valence-corrected chi connectivity index (χ4v) is 2.53. The molecule has 86 valence electrons. The number of aliphatic hydroxyl groups excluding tert-OH is 1. The molecule has 1 saturated carbocycles. The van der Waals surface area contributed by atoms with Gasteiger partial charge in [0.2, 0.25) is 0 Å². The second-order valence-electron chi connectivity index (χ2n) is 4.67. The van der Waals surface area contributed by atoms with Crippen molar-refractivity contribution in [1.29, 1.82) is 0 Å². The first kappa shape index (κ1) is 11.4. The summed E-state index contributed by atoms with van der Waals surface area (Å²) in [7, 11) is 0. The molecule has 0 aromatic heterocycles. The van der Waals surface area contributed by atoms with E-state index in [2.05, 4.69) is 24.3 Å². The Balaban J connectivity index is 2.12. The smallest absolute Gasteiger partial charge is 0.0618 e. The molecule has 0 aliphatic heterocycles. The van der Waals surface area contributed by atoms with E-state index in [1.54, 1.807) is 0 Å². The molecule has 0 bridgehead atoms. The molecular formula is C15H20O. The topological polar surface area (TPSA) is 20.2 Å². The Morgan fingerprint density at radius 3 is 2.44 bits per heavy atom. The number of aliphatic hydroxyl groups is 1. The van der Waals surface area contributed by atoms with Crippen LogP contribution in [0, 0.1) is 0 Å². The van der Waals surface area contributed by atoms with E-state index in [0.29, 0.717) is 0 Å². The Bertz CT molecular complexity index is 356. The molecule has 0 radical (unpaired) electrons. The Labute approximate surface area is 97.8 Å². The van der Waals surface area contributed by atoms with Gasteiger partial charge < -0.3 is 5.11 Å². The fourth-order valence-electron chi connectivity index (χ4n) is 2.53. The quantitative estimate of drug-likeness (QED) is 0.816. The number of benzene rings is 1. The Kier molecular flexibility index (Phi) is 3.79. The predicted molar refractivity (Wildman–Crippen MR) is 68.4 cm³/mol. The number of hydrogen-bond acceptors (Lipinski definition) is 1. The summed E-state index contributed by atoms with van der Waals surface area (Å²) in [4.78, 5) is 0. The van der Waals surface area contributed by atoms with E-state index in [1.165, 1.54) is 36.8 Å². The molecule has 0 heterocycles. The lowest BCUT2D eigenvalue weighted by Crippen LogP contribution is -1.92. The monoisotopic (exact) mass is 216 g/mol. The van der Waals surface area contributed by atoms with Crippen molar-refractivity contribution in [2.24, 2.45) is 0 Å². The van der Waals surface area contributed by atoms with Crippen LogP contribution in [0.5, 0.6) is 0 Å². The maximum atomic E-state index is 8.85. The van der Waals surface area contributed by atoms with Gasteiger partial charge in [-0.1, -0.05) is 43.2 Å². The average molecular weight is 216 g/mol. The highest BCUT2D eigenvalue weighted by atomic mass is 16.2. The van der Waals surface area contributed by atoms with Crippen LogP contribution in [0.25, 0.3) is 5.57 Å². The van der Waals surface area contributed by atoms with Gasteiger partial charge in [0, 0.05) is 0 Å². The van der Waals surface area contributed by atoms with Crippen molar-refractivity contribution in [3.63, 3.8) is 0 Å². The normalized spacial score (nSPS) is 18.0. The van der Waals surface area contributed by atoms with E-state index in [4.69, 9.17) is 5.11 Å². The molecule has 0 atom stereocenters. The molecule has 0 unspecified atom stereocenters. The van der Waals surface area contributed by atoms with Crippen molar-refractivity contribution < 1.29 is 5.11 Å². The van der Waals surface area contributed by atoms with E-state index >= 15 is 0 Å². The summed E-state index contributed by atoms with van der Waals surface area (Å²) in [6.45, 7) is 2.16. The highest BCUT2D eigenvalue weighted by Crippen LogP contribution is 2.34. The third-order valence-corrected chi connectivity index (χ3v) is 3.59. The van der Waals surface area contributed by atoms with Crippen LogP contribution in [0.1, 0.15) is 49.7 Å². The molecule has 2 rings (SSSR count). The zero-order valence-electron chi connectivity index (χ0n) is 9.95. The minimum Gasteiger partial charge on any atom is -0.392 e. The van der Waals surface area contributed by atoms with E-state index in [-0.39, 0.29) is 6.61 Å². The van der Waals surface area contributed by atoms with Gasteiger partial charge >= 0.3 is 0 Å². The van der Waals surface area contributed by atoms with Crippen molar-refractivity contribution in [3.05, 3.63) is 41.5 Å². The third-order valence-electron chi connectivity index (χ3n) is 3.59. The van der Waals surface area contributed by atoms with Crippen LogP contribution in [0.2, 0.25) is 0 Å². The molecule has 1 aliphatic rings. The minimum absolute atomic E-state index is 0.121. The van der Waals surface area contributed by atoms with Crippen LogP contribution < -0.4 is 0 Å². The summed E-state index contributed by atoms with van der Waals surface area (Å²) in [6.07, 6.45) is 7.33. The van der Waals surface area contributed by atoms with Crippen molar-refractivity contribution in [3.8, 4) is 0 Å². The van der Waals surface area contributed by atoms with Gasteiger partial charge in [0.15, 0.2) is 0 Å². The molecule has 1 aromatic rings. The summed E-state index contributed by atoms with van der Waals surface area (Å²) in [5.41, 5.74) is 3.86. The van der Waals surface area contributed by atoms with Gasteiger partial charge in [0.05, 0.1) is 6.61 Å². The van der Waals surface area contributed by atoms with Crippen molar-refractivity contribution in [2.45, 2.75) is 38.5 Å². The lowest BCUT2D eigenvalue weighted by Gasteiger charge is -2.10. The van der Waals surface area contributed by atoms with E-state index < -0.39 is 0 Å². The Hall–Kier alpha value is -1.08. The van der Waals surface area contributed by atoms with Gasteiger partial charge in [0.25, 0.3) is 0 Å². The molecule has 1 fully saturated rings. The van der Waals surface area contributed by atoms with Crippen LogP contribution in [-0.2, 0) is 0 Å². The lowest BCUT2D eigenvalue weighted by atomic mass is 9.95. The highest BCUT2D eigenvalue weighted by Gasteiger charge is 2.16. The molecule has 16 heavy (non-hydrogen) atoms. The summed E-state index contributed by atoms with van der Waals surface area (Å²) in [5, 5.41) is 8.85. The Morgan fingerprint density at radius 1 is 1.25 bits per heavy atom. The predicted octanol–water partition coefficient (Wildman–Crippen LogP) is 3.74. The third kappa shape index (κ3) is 2.53. The second-order valence-corrected chi connectivity index (χ2v) is 4.67.